The van der Waals surface area contributed by atoms with Gasteiger partial charge >= 0.3 is 5.92 Å². The van der Waals surface area contributed by atoms with Gasteiger partial charge in [-0.1, -0.05) is 81.6 Å². The van der Waals surface area contributed by atoms with Crippen molar-refractivity contribution in [1.82, 2.24) is 35.4 Å². The molecule has 0 saturated carbocycles. The number of aromatic nitrogens is 7. The number of nitrogens with one attached hydrogen (secondary N) is 1. The van der Waals surface area contributed by atoms with Crippen LogP contribution in [0.3, 0.4) is 0 Å². The highest BCUT2D eigenvalue weighted by atomic mass is 19.3. The van der Waals surface area contributed by atoms with Crippen LogP contribution in [-0.2, 0) is 18.9 Å². The van der Waals surface area contributed by atoms with E-state index in [0.29, 0.717) is 24.6 Å². The first-order valence-electron chi connectivity index (χ1n) is 11.8. The summed E-state index contributed by atoms with van der Waals surface area (Å²) in [6.45, 7) is 4.19. The first-order chi connectivity index (χ1) is 16.5. The molecular weight excluding hydrogens is 436 g/mol. The summed E-state index contributed by atoms with van der Waals surface area (Å²) in [5.41, 5.74) is 3.85. The number of rotatable bonds is 11. The number of tetrazole rings is 1. The van der Waals surface area contributed by atoms with E-state index in [4.69, 9.17) is 0 Å². The standard InChI is InChI=1S/C25H29F2N7/c1-3-5-6-9-16-34-22(28-24(31-34)25(26,27)4-2)17-18-12-14-19(15-13-18)20-10-7-8-11-21(20)23-29-32-33-30-23/h7-8,10-15H,3-6,9,16-17H2,1-2H3,(H,29,30,32,33). The quantitative estimate of drug-likeness (QED) is 0.283. The molecule has 0 radical (unpaired) electrons. The van der Waals surface area contributed by atoms with Crippen molar-refractivity contribution in [3.8, 4) is 22.5 Å². The minimum Gasteiger partial charge on any atom is -0.249 e. The Kier molecular flexibility index (Phi) is 7.40. The number of hydrogen-bond acceptors (Lipinski definition) is 5. The number of aryl methyl sites for hydroxylation is 1. The minimum absolute atomic E-state index is 0.319. The maximum atomic E-state index is 14.3. The highest BCUT2D eigenvalue weighted by molar-refractivity contribution is 5.80. The number of halogens is 2. The first-order valence-corrected chi connectivity index (χ1v) is 11.8. The highest BCUT2D eigenvalue weighted by Gasteiger charge is 2.35. The number of unbranched alkanes of at least 4 members (excludes halogenated alkanes) is 3. The molecular formula is C25H29F2N7. The van der Waals surface area contributed by atoms with Crippen molar-refractivity contribution in [2.24, 2.45) is 0 Å². The van der Waals surface area contributed by atoms with Gasteiger partial charge in [0.2, 0.25) is 11.6 Å². The van der Waals surface area contributed by atoms with Crippen LogP contribution < -0.4 is 0 Å². The molecule has 0 aliphatic heterocycles. The Morgan fingerprint density at radius 2 is 1.71 bits per heavy atom. The van der Waals surface area contributed by atoms with Crippen molar-refractivity contribution in [1.29, 1.82) is 0 Å². The van der Waals surface area contributed by atoms with E-state index in [-0.39, 0.29) is 12.2 Å². The van der Waals surface area contributed by atoms with Crippen molar-refractivity contribution in [2.75, 3.05) is 0 Å². The number of alkyl halides is 2. The molecule has 34 heavy (non-hydrogen) atoms. The van der Waals surface area contributed by atoms with E-state index in [2.05, 4.69) is 37.6 Å². The molecule has 7 nitrogen and oxygen atoms in total. The average molecular weight is 466 g/mol. The number of nitrogens with zero attached hydrogens (tertiary/aromatic N) is 6. The lowest BCUT2D eigenvalue weighted by molar-refractivity contribution is -0.0177. The number of H-pyrrole nitrogens is 1. The SMILES string of the molecule is CCCCCCn1nc(C(F)(F)CC)nc1Cc1ccc(-c2ccccc2-c2nn[nH]n2)cc1. The summed E-state index contributed by atoms with van der Waals surface area (Å²) >= 11 is 0. The van der Waals surface area contributed by atoms with E-state index in [1.807, 2.05) is 48.5 Å². The normalized spacial score (nSPS) is 11.8. The summed E-state index contributed by atoms with van der Waals surface area (Å²) in [6.07, 6.45) is 4.30. The average Bonchev–Trinajstić information content (AvgIpc) is 3.53. The molecule has 2 heterocycles. The van der Waals surface area contributed by atoms with E-state index >= 15 is 0 Å². The van der Waals surface area contributed by atoms with E-state index in [1.165, 1.54) is 6.92 Å². The Bertz CT molecular complexity index is 1180. The molecule has 0 unspecified atom stereocenters. The van der Waals surface area contributed by atoms with Gasteiger partial charge < -0.3 is 0 Å². The van der Waals surface area contributed by atoms with Crippen LogP contribution in [0, 0.1) is 0 Å². The fourth-order valence-electron chi connectivity index (χ4n) is 3.88. The zero-order chi connectivity index (χ0) is 24.0. The van der Waals surface area contributed by atoms with Crippen molar-refractivity contribution >= 4 is 0 Å². The molecule has 0 spiro atoms. The van der Waals surface area contributed by atoms with Crippen molar-refractivity contribution < 1.29 is 8.78 Å². The largest absolute Gasteiger partial charge is 0.308 e. The van der Waals surface area contributed by atoms with E-state index in [1.54, 1.807) is 4.68 Å². The van der Waals surface area contributed by atoms with Gasteiger partial charge in [0.15, 0.2) is 0 Å². The van der Waals surface area contributed by atoms with Gasteiger partial charge in [0.25, 0.3) is 0 Å². The summed E-state index contributed by atoms with van der Waals surface area (Å²) < 4.78 is 30.3. The molecule has 2 aromatic carbocycles. The predicted molar refractivity (Wildman–Crippen MR) is 126 cm³/mol. The van der Waals surface area contributed by atoms with Crippen LogP contribution in [0.2, 0.25) is 0 Å². The Hall–Kier alpha value is -3.49. The maximum Gasteiger partial charge on any atom is 0.308 e. The summed E-state index contributed by atoms with van der Waals surface area (Å²) in [7, 11) is 0. The van der Waals surface area contributed by atoms with Crippen molar-refractivity contribution in [3.63, 3.8) is 0 Å². The van der Waals surface area contributed by atoms with Crippen molar-refractivity contribution in [2.45, 2.75) is 64.8 Å². The summed E-state index contributed by atoms with van der Waals surface area (Å²) in [4.78, 5) is 4.25. The second kappa shape index (κ2) is 10.6. The molecule has 178 valence electrons. The zero-order valence-electron chi connectivity index (χ0n) is 19.5. The van der Waals surface area contributed by atoms with Gasteiger partial charge in [0.05, 0.1) is 0 Å². The second-order valence-corrected chi connectivity index (χ2v) is 8.35. The van der Waals surface area contributed by atoms with Crippen molar-refractivity contribution in [3.05, 3.63) is 65.7 Å². The third-order valence-electron chi connectivity index (χ3n) is 5.88. The Balaban J connectivity index is 1.57. The van der Waals surface area contributed by atoms with Crippen LogP contribution in [0.1, 0.15) is 63.2 Å². The molecule has 9 heteroatoms. The van der Waals surface area contributed by atoms with Crippen LogP contribution in [0.25, 0.3) is 22.5 Å². The fourth-order valence-corrected chi connectivity index (χ4v) is 3.88. The van der Waals surface area contributed by atoms with Gasteiger partial charge in [0.1, 0.15) is 5.82 Å². The van der Waals surface area contributed by atoms with Gasteiger partial charge in [-0.2, -0.15) is 14.0 Å². The molecule has 0 saturated heterocycles. The molecule has 0 aliphatic rings. The lowest BCUT2D eigenvalue weighted by atomic mass is 9.98. The lowest BCUT2D eigenvalue weighted by Crippen LogP contribution is -2.14. The molecule has 0 fully saturated rings. The topological polar surface area (TPSA) is 85.2 Å². The van der Waals surface area contributed by atoms with E-state index in [9.17, 15) is 8.78 Å². The van der Waals surface area contributed by atoms with Gasteiger partial charge in [-0.25, -0.2) is 9.67 Å². The summed E-state index contributed by atoms with van der Waals surface area (Å²) in [6, 6.07) is 15.9. The lowest BCUT2D eigenvalue weighted by Gasteiger charge is -2.09. The fraction of sp³-hybridized carbons (Fsp3) is 0.400. The Morgan fingerprint density at radius 1 is 0.941 bits per heavy atom. The third kappa shape index (κ3) is 5.35. The zero-order valence-corrected chi connectivity index (χ0v) is 19.5. The number of benzene rings is 2. The summed E-state index contributed by atoms with van der Waals surface area (Å²) in [5, 5.41) is 18.5. The Morgan fingerprint density at radius 3 is 2.38 bits per heavy atom. The number of aromatic amines is 1. The van der Waals surface area contributed by atoms with Gasteiger partial charge in [-0.05, 0) is 28.3 Å². The van der Waals surface area contributed by atoms with E-state index < -0.39 is 5.92 Å². The minimum atomic E-state index is -3.02. The van der Waals surface area contributed by atoms with Crippen LogP contribution in [0.5, 0.6) is 0 Å². The van der Waals surface area contributed by atoms with Gasteiger partial charge in [0, 0.05) is 24.9 Å². The molecule has 0 bridgehead atoms. The predicted octanol–water partition coefficient (Wildman–Crippen LogP) is 5.80. The molecule has 0 aliphatic carbocycles. The first kappa shape index (κ1) is 23.7. The van der Waals surface area contributed by atoms with Crippen LogP contribution >= 0.6 is 0 Å². The molecule has 2 aromatic heterocycles. The summed E-state index contributed by atoms with van der Waals surface area (Å²) in [5.74, 6) is -2.31. The molecule has 0 amide bonds. The smallest absolute Gasteiger partial charge is 0.249 e. The van der Waals surface area contributed by atoms with Gasteiger partial charge in [-0.15, -0.1) is 15.3 Å². The molecule has 4 rings (SSSR count). The second-order valence-electron chi connectivity index (χ2n) is 8.35. The Labute approximate surface area is 197 Å². The van der Waals surface area contributed by atoms with E-state index in [0.717, 1.165) is 47.9 Å². The monoisotopic (exact) mass is 465 g/mol. The van der Waals surface area contributed by atoms with Gasteiger partial charge in [-0.3, -0.25) is 0 Å². The van der Waals surface area contributed by atoms with Crippen LogP contribution in [0.15, 0.2) is 48.5 Å². The molecule has 1 N–H and O–H groups in total. The highest BCUT2D eigenvalue weighted by Crippen LogP contribution is 2.31. The number of hydrogen-bond donors (Lipinski definition) is 1. The maximum absolute atomic E-state index is 14.3. The molecule has 0 atom stereocenters. The van der Waals surface area contributed by atoms with Crippen LogP contribution in [0.4, 0.5) is 8.78 Å². The third-order valence-corrected chi connectivity index (χ3v) is 5.88. The molecule has 4 aromatic rings. The van der Waals surface area contributed by atoms with Crippen LogP contribution in [-0.4, -0.2) is 35.4 Å².